The first kappa shape index (κ1) is 20.7. The largest absolute Gasteiger partial charge is 0.484 e. The molecule has 0 heterocycles. The van der Waals surface area contributed by atoms with E-state index in [1.807, 2.05) is 12.1 Å². The maximum atomic E-state index is 12.6. The Morgan fingerprint density at radius 1 is 0.967 bits per heavy atom. The van der Waals surface area contributed by atoms with Crippen LogP contribution < -0.4 is 15.4 Å². The van der Waals surface area contributed by atoms with E-state index in [0.29, 0.717) is 22.0 Å². The second kappa shape index (κ2) is 9.52. The second-order valence-corrected chi connectivity index (χ2v) is 8.53. The molecule has 2 N–H and O–H groups in total. The molecule has 0 aromatic heterocycles. The number of carbonyl (C=O) groups is 2. The standard InChI is InChI=1S/C24H27ClN2O3/c25-22-12-10-19(14-21(22)24(29)27-18-7-2-1-3-8-18)26-23(28)15-30-20-11-9-16-5-4-6-17(16)13-20/h9-14,18H,1-8,15H2,(H,26,28)(H,27,29). The Hall–Kier alpha value is -2.53. The van der Waals surface area contributed by atoms with Crippen LogP contribution in [0.1, 0.15) is 60.0 Å². The molecular formula is C24H27ClN2O3. The van der Waals surface area contributed by atoms with Crippen LogP contribution in [0.25, 0.3) is 0 Å². The van der Waals surface area contributed by atoms with Crippen LogP contribution in [0.2, 0.25) is 5.02 Å². The van der Waals surface area contributed by atoms with Gasteiger partial charge in [-0.1, -0.05) is 36.9 Å². The minimum atomic E-state index is -0.281. The molecule has 2 aromatic carbocycles. The highest BCUT2D eigenvalue weighted by molar-refractivity contribution is 6.34. The van der Waals surface area contributed by atoms with E-state index < -0.39 is 0 Å². The number of hydrogen-bond acceptors (Lipinski definition) is 3. The summed E-state index contributed by atoms with van der Waals surface area (Å²) in [6.07, 6.45) is 8.85. The predicted molar refractivity (Wildman–Crippen MR) is 118 cm³/mol. The Morgan fingerprint density at radius 2 is 1.77 bits per heavy atom. The summed E-state index contributed by atoms with van der Waals surface area (Å²) in [5, 5.41) is 6.22. The minimum Gasteiger partial charge on any atom is -0.484 e. The number of halogens is 1. The van der Waals surface area contributed by atoms with Gasteiger partial charge in [0.15, 0.2) is 6.61 Å². The fourth-order valence-corrected chi connectivity index (χ4v) is 4.47. The fourth-order valence-electron chi connectivity index (χ4n) is 4.27. The molecule has 0 bridgehead atoms. The topological polar surface area (TPSA) is 67.4 Å². The van der Waals surface area contributed by atoms with Gasteiger partial charge in [-0.05, 0) is 73.6 Å². The number of anilines is 1. The normalized spacial score (nSPS) is 16.0. The predicted octanol–water partition coefficient (Wildman–Crippen LogP) is 4.91. The van der Waals surface area contributed by atoms with Gasteiger partial charge in [0.2, 0.25) is 0 Å². The van der Waals surface area contributed by atoms with Crippen molar-refractivity contribution in [1.29, 1.82) is 0 Å². The van der Waals surface area contributed by atoms with Gasteiger partial charge in [-0.25, -0.2) is 0 Å². The lowest BCUT2D eigenvalue weighted by molar-refractivity contribution is -0.118. The Bertz CT molecular complexity index is 938. The van der Waals surface area contributed by atoms with Gasteiger partial charge < -0.3 is 15.4 Å². The zero-order valence-corrected chi connectivity index (χ0v) is 17.8. The molecule has 0 radical (unpaired) electrons. The maximum Gasteiger partial charge on any atom is 0.262 e. The summed E-state index contributed by atoms with van der Waals surface area (Å²) in [4.78, 5) is 25.0. The van der Waals surface area contributed by atoms with Gasteiger partial charge in [-0.3, -0.25) is 9.59 Å². The smallest absolute Gasteiger partial charge is 0.262 e. The average molecular weight is 427 g/mol. The van der Waals surface area contributed by atoms with Crippen LogP contribution in [0.15, 0.2) is 36.4 Å². The van der Waals surface area contributed by atoms with Gasteiger partial charge in [0.25, 0.3) is 11.8 Å². The van der Waals surface area contributed by atoms with E-state index in [0.717, 1.165) is 38.5 Å². The summed E-state index contributed by atoms with van der Waals surface area (Å²) in [6, 6.07) is 11.1. The summed E-state index contributed by atoms with van der Waals surface area (Å²) in [5.41, 5.74) is 3.57. The van der Waals surface area contributed by atoms with Crippen molar-refractivity contribution in [2.75, 3.05) is 11.9 Å². The molecule has 0 spiro atoms. The second-order valence-electron chi connectivity index (χ2n) is 8.12. The molecule has 5 nitrogen and oxygen atoms in total. The first-order valence-electron chi connectivity index (χ1n) is 10.7. The fraction of sp³-hybridized carbons (Fsp3) is 0.417. The quantitative estimate of drug-likeness (QED) is 0.689. The van der Waals surface area contributed by atoms with Crippen molar-refractivity contribution in [3.05, 3.63) is 58.1 Å². The molecule has 30 heavy (non-hydrogen) atoms. The molecule has 0 saturated heterocycles. The van der Waals surface area contributed by atoms with Gasteiger partial charge in [0.1, 0.15) is 5.75 Å². The third-order valence-corrected chi connectivity index (χ3v) is 6.20. The Kier molecular flexibility index (Phi) is 6.58. The number of ether oxygens (including phenoxy) is 1. The molecule has 0 atom stereocenters. The number of hydrogen-bond donors (Lipinski definition) is 2. The van der Waals surface area contributed by atoms with Crippen molar-refractivity contribution in [1.82, 2.24) is 5.32 Å². The van der Waals surface area contributed by atoms with E-state index in [9.17, 15) is 9.59 Å². The number of fused-ring (bicyclic) bond motifs is 1. The van der Waals surface area contributed by atoms with Crippen LogP contribution in [0.3, 0.4) is 0 Å². The maximum absolute atomic E-state index is 12.6. The number of carbonyl (C=O) groups excluding carboxylic acids is 2. The van der Waals surface area contributed by atoms with Crippen molar-refractivity contribution < 1.29 is 14.3 Å². The lowest BCUT2D eigenvalue weighted by Gasteiger charge is -2.23. The Balaban J connectivity index is 1.34. The number of amides is 2. The Morgan fingerprint density at radius 3 is 2.60 bits per heavy atom. The van der Waals surface area contributed by atoms with Crippen molar-refractivity contribution >= 4 is 29.1 Å². The number of benzene rings is 2. The molecule has 0 aliphatic heterocycles. The van der Waals surface area contributed by atoms with Crippen molar-refractivity contribution in [2.45, 2.75) is 57.4 Å². The number of aryl methyl sites for hydroxylation is 2. The van der Waals surface area contributed by atoms with Crippen LogP contribution >= 0.6 is 11.6 Å². The van der Waals surface area contributed by atoms with Crippen LogP contribution in [-0.4, -0.2) is 24.5 Å². The summed E-state index contributed by atoms with van der Waals surface area (Å²) in [7, 11) is 0. The molecular weight excluding hydrogens is 400 g/mol. The minimum absolute atomic E-state index is 0.0922. The summed E-state index contributed by atoms with van der Waals surface area (Å²) >= 11 is 6.23. The van der Waals surface area contributed by atoms with E-state index in [2.05, 4.69) is 16.7 Å². The molecule has 1 saturated carbocycles. The molecule has 4 rings (SSSR count). The van der Waals surface area contributed by atoms with Gasteiger partial charge in [-0.15, -0.1) is 0 Å². The van der Waals surface area contributed by atoms with Gasteiger partial charge in [-0.2, -0.15) is 0 Å². The SMILES string of the molecule is O=C(COc1ccc2c(c1)CCC2)Nc1ccc(Cl)c(C(=O)NC2CCCCC2)c1. The molecule has 2 aromatic rings. The molecule has 1 fully saturated rings. The highest BCUT2D eigenvalue weighted by Gasteiger charge is 2.19. The van der Waals surface area contributed by atoms with E-state index in [-0.39, 0.29) is 24.5 Å². The molecule has 6 heteroatoms. The van der Waals surface area contributed by atoms with Crippen molar-refractivity contribution in [3.63, 3.8) is 0 Å². The van der Waals surface area contributed by atoms with Crippen molar-refractivity contribution in [3.8, 4) is 5.75 Å². The lowest BCUT2D eigenvalue weighted by atomic mass is 9.95. The highest BCUT2D eigenvalue weighted by Crippen LogP contribution is 2.26. The molecule has 0 unspecified atom stereocenters. The van der Waals surface area contributed by atoms with Gasteiger partial charge in [0, 0.05) is 11.7 Å². The van der Waals surface area contributed by atoms with E-state index >= 15 is 0 Å². The third kappa shape index (κ3) is 5.14. The molecule has 2 aliphatic rings. The van der Waals surface area contributed by atoms with Crippen LogP contribution in [0.4, 0.5) is 5.69 Å². The first-order valence-corrected chi connectivity index (χ1v) is 11.1. The van der Waals surface area contributed by atoms with Crippen LogP contribution in [-0.2, 0) is 17.6 Å². The van der Waals surface area contributed by atoms with E-state index in [1.165, 1.54) is 24.0 Å². The highest BCUT2D eigenvalue weighted by atomic mass is 35.5. The molecule has 2 amide bonds. The third-order valence-electron chi connectivity index (χ3n) is 5.88. The monoisotopic (exact) mass is 426 g/mol. The van der Waals surface area contributed by atoms with Crippen molar-refractivity contribution in [2.24, 2.45) is 0 Å². The zero-order chi connectivity index (χ0) is 20.9. The van der Waals surface area contributed by atoms with Gasteiger partial charge >= 0.3 is 0 Å². The molecule has 2 aliphatic carbocycles. The summed E-state index contributed by atoms with van der Waals surface area (Å²) in [5.74, 6) is 0.225. The van der Waals surface area contributed by atoms with E-state index in [4.69, 9.17) is 16.3 Å². The number of rotatable bonds is 6. The number of nitrogens with one attached hydrogen (secondary N) is 2. The average Bonchev–Trinajstić information content (AvgIpc) is 3.22. The summed E-state index contributed by atoms with van der Waals surface area (Å²) < 4.78 is 5.65. The first-order chi connectivity index (χ1) is 14.6. The Labute approximate surface area is 182 Å². The zero-order valence-electron chi connectivity index (χ0n) is 17.0. The molecule has 158 valence electrons. The van der Waals surface area contributed by atoms with Crippen LogP contribution in [0, 0.1) is 0 Å². The van der Waals surface area contributed by atoms with E-state index in [1.54, 1.807) is 18.2 Å². The summed E-state index contributed by atoms with van der Waals surface area (Å²) in [6.45, 7) is -0.0922. The van der Waals surface area contributed by atoms with Gasteiger partial charge in [0.05, 0.1) is 10.6 Å². The lowest BCUT2D eigenvalue weighted by Crippen LogP contribution is -2.36. The van der Waals surface area contributed by atoms with Crippen LogP contribution in [0.5, 0.6) is 5.75 Å².